The Kier molecular flexibility index (Phi) is 4.85. The number of rotatable bonds is 4. The van der Waals surface area contributed by atoms with E-state index >= 15 is 0 Å². The molecule has 2 aliphatic rings. The zero-order chi connectivity index (χ0) is 15.6. The summed E-state index contributed by atoms with van der Waals surface area (Å²) >= 11 is 1.82. The first-order chi connectivity index (χ1) is 10.6. The SMILES string of the molecule is CC(C)CN1CCNC(=O)C12CCN(Cc1cccs1)CC2. The Labute approximate surface area is 137 Å². The number of hydrogen-bond donors (Lipinski definition) is 1. The van der Waals surface area contributed by atoms with E-state index < -0.39 is 0 Å². The van der Waals surface area contributed by atoms with Gasteiger partial charge in [0, 0.05) is 44.1 Å². The first-order valence-electron chi connectivity index (χ1n) is 8.38. The van der Waals surface area contributed by atoms with Gasteiger partial charge >= 0.3 is 0 Å². The molecule has 2 fully saturated rings. The molecule has 0 radical (unpaired) electrons. The van der Waals surface area contributed by atoms with Crippen molar-refractivity contribution in [3.63, 3.8) is 0 Å². The van der Waals surface area contributed by atoms with Crippen LogP contribution in [0.5, 0.6) is 0 Å². The molecule has 3 heterocycles. The van der Waals surface area contributed by atoms with E-state index in [1.54, 1.807) is 0 Å². The fraction of sp³-hybridized carbons (Fsp3) is 0.706. The van der Waals surface area contributed by atoms with Crippen LogP contribution < -0.4 is 5.32 Å². The number of piperidine rings is 1. The number of nitrogens with zero attached hydrogens (tertiary/aromatic N) is 2. The van der Waals surface area contributed by atoms with Crippen LogP contribution in [-0.4, -0.2) is 54.0 Å². The molecule has 0 bridgehead atoms. The van der Waals surface area contributed by atoms with Crippen molar-refractivity contribution in [2.75, 3.05) is 32.7 Å². The molecule has 1 spiro atoms. The Hall–Kier alpha value is -0.910. The lowest BCUT2D eigenvalue weighted by molar-refractivity contribution is -0.142. The summed E-state index contributed by atoms with van der Waals surface area (Å²) < 4.78 is 0. The summed E-state index contributed by atoms with van der Waals surface area (Å²) in [7, 11) is 0. The first-order valence-corrected chi connectivity index (χ1v) is 9.26. The second-order valence-corrected chi connectivity index (χ2v) is 8.02. The fourth-order valence-electron chi connectivity index (χ4n) is 3.78. The molecule has 4 nitrogen and oxygen atoms in total. The molecule has 0 unspecified atom stereocenters. The molecule has 1 aromatic heterocycles. The lowest BCUT2D eigenvalue weighted by Gasteiger charge is -2.50. The third-order valence-electron chi connectivity index (χ3n) is 4.92. The van der Waals surface area contributed by atoms with E-state index in [0.29, 0.717) is 5.92 Å². The van der Waals surface area contributed by atoms with Crippen molar-refractivity contribution in [3.05, 3.63) is 22.4 Å². The molecular formula is C17H27N3OS. The summed E-state index contributed by atoms with van der Waals surface area (Å²) in [4.78, 5) is 19.0. The van der Waals surface area contributed by atoms with Gasteiger partial charge in [-0.05, 0) is 30.2 Å². The van der Waals surface area contributed by atoms with Crippen LogP contribution in [0.3, 0.4) is 0 Å². The number of nitrogens with one attached hydrogen (secondary N) is 1. The molecule has 0 saturated carbocycles. The summed E-state index contributed by atoms with van der Waals surface area (Å²) in [6.45, 7) is 10.4. The second kappa shape index (κ2) is 6.69. The zero-order valence-corrected chi connectivity index (χ0v) is 14.5. The Morgan fingerprint density at radius 1 is 1.32 bits per heavy atom. The molecule has 0 aromatic carbocycles. The van der Waals surface area contributed by atoms with Crippen LogP contribution >= 0.6 is 11.3 Å². The van der Waals surface area contributed by atoms with Crippen LogP contribution in [0.1, 0.15) is 31.6 Å². The third-order valence-corrected chi connectivity index (χ3v) is 5.78. The molecule has 1 N–H and O–H groups in total. The van der Waals surface area contributed by atoms with Crippen molar-refractivity contribution in [1.82, 2.24) is 15.1 Å². The van der Waals surface area contributed by atoms with Crippen molar-refractivity contribution in [1.29, 1.82) is 0 Å². The van der Waals surface area contributed by atoms with Gasteiger partial charge in [0.15, 0.2) is 0 Å². The Balaban J connectivity index is 1.66. The van der Waals surface area contributed by atoms with Gasteiger partial charge in [-0.1, -0.05) is 19.9 Å². The number of likely N-dealkylation sites (tertiary alicyclic amines) is 1. The van der Waals surface area contributed by atoms with Gasteiger partial charge in [0.05, 0.1) is 0 Å². The minimum atomic E-state index is -0.255. The summed E-state index contributed by atoms with van der Waals surface area (Å²) in [6.07, 6.45) is 1.91. The van der Waals surface area contributed by atoms with Gasteiger partial charge in [-0.15, -0.1) is 11.3 Å². The lowest BCUT2D eigenvalue weighted by Crippen LogP contribution is -2.68. The minimum Gasteiger partial charge on any atom is -0.353 e. The maximum absolute atomic E-state index is 12.6. The van der Waals surface area contributed by atoms with Crippen LogP contribution in [0.25, 0.3) is 0 Å². The molecule has 122 valence electrons. The summed E-state index contributed by atoms with van der Waals surface area (Å²) in [5.41, 5.74) is -0.255. The van der Waals surface area contributed by atoms with Gasteiger partial charge in [0.25, 0.3) is 0 Å². The number of carbonyl (C=O) groups excluding carboxylic acids is 1. The topological polar surface area (TPSA) is 35.6 Å². The van der Waals surface area contributed by atoms with Crippen molar-refractivity contribution in [3.8, 4) is 0 Å². The van der Waals surface area contributed by atoms with Crippen LogP contribution in [0.4, 0.5) is 0 Å². The van der Waals surface area contributed by atoms with E-state index in [0.717, 1.165) is 52.1 Å². The molecule has 1 amide bonds. The highest BCUT2D eigenvalue weighted by Gasteiger charge is 2.47. The summed E-state index contributed by atoms with van der Waals surface area (Å²) in [5.74, 6) is 0.863. The van der Waals surface area contributed by atoms with Crippen molar-refractivity contribution in [2.45, 2.75) is 38.8 Å². The van der Waals surface area contributed by atoms with E-state index in [9.17, 15) is 4.79 Å². The summed E-state index contributed by atoms with van der Waals surface area (Å²) in [6, 6.07) is 4.32. The monoisotopic (exact) mass is 321 g/mol. The van der Waals surface area contributed by atoms with Gasteiger partial charge in [0.1, 0.15) is 5.54 Å². The highest BCUT2D eigenvalue weighted by Crippen LogP contribution is 2.32. The normalized spacial score (nSPS) is 23.1. The maximum atomic E-state index is 12.6. The molecule has 0 atom stereocenters. The standard InChI is InChI=1S/C17H27N3OS/c1-14(2)12-20-10-7-18-16(21)17(20)5-8-19(9-6-17)13-15-4-3-11-22-15/h3-4,11,14H,5-10,12-13H2,1-2H3,(H,18,21). The van der Waals surface area contributed by atoms with Crippen LogP contribution in [0, 0.1) is 5.92 Å². The Bertz CT molecular complexity index is 492. The highest BCUT2D eigenvalue weighted by molar-refractivity contribution is 7.09. The quantitative estimate of drug-likeness (QED) is 0.923. The van der Waals surface area contributed by atoms with Gasteiger partial charge in [-0.3, -0.25) is 14.6 Å². The van der Waals surface area contributed by atoms with Gasteiger partial charge in [-0.25, -0.2) is 0 Å². The Morgan fingerprint density at radius 3 is 2.73 bits per heavy atom. The minimum absolute atomic E-state index is 0.255. The van der Waals surface area contributed by atoms with Gasteiger partial charge < -0.3 is 5.32 Å². The number of carbonyl (C=O) groups is 1. The average Bonchev–Trinajstić information content (AvgIpc) is 2.99. The molecule has 5 heteroatoms. The predicted octanol–water partition coefficient (Wildman–Crippen LogP) is 2.17. The van der Waals surface area contributed by atoms with E-state index in [1.807, 2.05) is 11.3 Å². The zero-order valence-electron chi connectivity index (χ0n) is 13.7. The summed E-state index contributed by atoms with van der Waals surface area (Å²) in [5, 5.41) is 5.25. The van der Waals surface area contributed by atoms with E-state index in [4.69, 9.17) is 0 Å². The molecule has 1 aromatic rings. The number of thiophene rings is 1. The molecule has 0 aliphatic carbocycles. The van der Waals surface area contributed by atoms with Crippen LogP contribution in [0.15, 0.2) is 17.5 Å². The highest BCUT2D eigenvalue weighted by atomic mass is 32.1. The number of hydrogen-bond acceptors (Lipinski definition) is 4. The lowest BCUT2D eigenvalue weighted by atomic mass is 9.82. The van der Waals surface area contributed by atoms with E-state index in [1.165, 1.54) is 4.88 Å². The van der Waals surface area contributed by atoms with Crippen molar-refractivity contribution in [2.24, 2.45) is 5.92 Å². The first kappa shape index (κ1) is 16.0. The smallest absolute Gasteiger partial charge is 0.240 e. The van der Waals surface area contributed by atoms with Gasteiger partial charge in [-0.2, -0.15) is 0 Å². The molecule has 2 saturated heterocycles. The second-order valence-electron chi connectivity index (χ2n) is 6.98. The maximum Gasteiger partial charge on any atom is 0.240 e. The van der Waals surface area contributed by atoms with E-state index in [-0.39, 0.29) is 11.4 Å². The van der Waals surface area contributed by atoms with E-state index in [2.05, 4.69) is 46.5 Å². The molecule has 2 aliphatic heterocycles. The predicted molar refractivity (Wildman–Crippen MR) is 91.0 cm³/mol. The molecular weight excluding hydrogens is 294 g/mol. The van der Waals surface area contributed by atoms with Crippen LogP contribution in [0.2, 0.25) is 0 Å². The van der Waals surface area contributed by atoms with Crippen molar-refractivity contribution >= 4 is 17.2 Å². The Morgan fingerprint density at radius 2 is 2.09 bits per heavy atom. The fourth-order valence-corrected chi connectivity index (χ4v) is 4.53. The number of amides is 1. The van der Waals surface area contributed by atoms with Crippen molar-refractivity contribution < 1.29 is 4.79 Å². The molecule has 3 rings (SSSR count). The third kappa shape index (κ3) is 3.21. The van der Waals surface area contributed by atoms with Gasteiger partial charge in [0.2, 0.25) is 5.91 Å². The molecule has 22 heavy (non-hydrogen) atoms. The van der Waals surface area contributed by atoms with Crippen LogP contribution in [-0.2, 0) is 11.3 Å². The largest absolute Gasteiger partial charge is 0.353 e. The average molecular weight is 321 g/mol. The number of piperazine rings is 1.